The molecule has 0 unspecified atom stereocenters. The van der Waals surface area contributed by atoms with Crippen LogP contribution in [0.5, 0.6) is 0 Å². The molecule has 0 atom stereocenters. The van der Waals surface area contributed by atoms with Gasteiger partial charge >= 0.3 is 0 Å². The van der Waals surface area contributed by atoms with Crippen molar-refractivity contribution in [3.05, 3.63) is 65.0 Å². The van der Waals surface area contributed by atoms with Gasteiger partial charge in [0.15, 0.2) is 0 Å². The summed E-state index contributed by atoms with van der Waals surface area (Å²) in [5.74, 6) is -0.236. The number of nitriles is 1. The number of benzene rings is 2. The van der Waals surface area contributed by atoms with Crippen LogP contribution in [0.1, 0.15) is 16.7 Å². The second-order valence-corrected chi connectivity index (χ2v) is 4.61. The first-order valence-electron chi connectivity index (χ1n) is 6.06. The summed E-state index contributed by atoms with van der Waals surface area (Å²) >= 11 is 0. The number of rotatable bonds is 3. The third kappa shape index (κ3) is 3.11. The SMILES string of the molecule is Cc1ccc(C#N)c(N(C)Cc2ccc(F)cc2)c1. The number of nitrogens with zero attached hydrogens (tertiary/aromatic N) is 2. The molecule has 0 aliphatic carbocycles. The molecule has 0 aliphatic heterocycles. The highest BCUT2D eigenvalue weighted by atomic mass is 19.1. The van der Waals surface area contributed by atoms with Crippen LogP contribution in [-0.4, -0.2) is 7.05 Å². The van der Waals surface area contributed by atoms with Crippen molar-refractivity contribution in [2.45, 2.75) is 13.5 Å². The smallest absolute Gasteiger partial charge is 0.123 e. The fourth-order valence-electron chi connectivity index (χ4n) is 2.00. The summed E-state index contributed by atoms with van der Waals surface area (Å²) in [5, 5.41) is 9.13. The molecule has 3 heteroatoms. The molecule has 2 rings (SSSR count). The summed E-state index contributed by atoms with van der Waals surface area (Å²) in [6, 6.07) is 14.3. The van der Waals surface area contributed by atoms with Crippen LogP contribution >= 0.6 is 0 Å². The molecule has 0 radical (unpaired) electrons. The molecule has 2 aromatic rings. The average molecular weight is 254 g/mol. The number of hydrogen-bond donors (Lipinski definition) is 0. The third-order valence-electron chi connectivity index (χ3n) is 3.02. The Labute approximate surface area is 112 Å². The first-order chi connectivity index (χ1) is 9.10. The molecule has 2 aromatic carbocycles. The second-order valence-electron chi connectivity index (χ2n) is 4.61. The third-order valence-corrected chi connectivity index (χ3v) is 3.02. The Morgan fingerprint density at radius 1 is 1.16 bits per heavy atom. The molecule has 0 N–H and O–H groups in total. The van der Waals surface area contributed by atoms with Gasteiger partial charge in [-0.05, 0) is 42.3 Å². The Bertz CT molecular complexity index is 612. The van der Waals surface area contributed by atoms with Crippen molar-refractivity contribution in [1.29, 1.82) is 5.26 Å². The number of hydrogen-bond acceptors (Lipinski definition) is 2. The minimum Gasteiger partial charge on any atom is -0.369 e. The summed E-state index contributed by atoms with van der Waals surface area (Å²) in [5.41, 5.74) is 3.66. The second kappa shape index (κ2) is 5.53. The van der Waals surface area contributed by atoms with Gasteiger partial charge in [0, 0.05) is 13.6 Å². The molecule has 0 heterocycles. The largest absolute Gasteiger partial charge is 0.369 e. The van der Waals surface area contributed by atoms with Crippen molar-refractivity contribution in [3.63, 3.8) is 0 Å². The van der Waals surface area contributed by atoms with Gasteiger partial charge in [-0.1, -0.05) is 18.2 Å². The zero-order chi connectivity index (χ0) is 13.8. The van der Waals surface area contributed by atoms with E-state index < -0.39 is 0 Å². The van der Waals surface area contributed by atoms with Crippen molar-refractivity contribution >= 4 is 5.69 Å². The summed E-state index contributed by atoms with van der Waals surface area (Å²) < 4.78 is 12.9. The van der Waals surface area contributed by atoms with E-state index in [2.05, 4.69) is 6.07 Å². The van der Waals surface area contributed by atoms with Crippen molar-refractivity contribution in [2.75, 3.05) is 11.9 Å². The zero-order valence-electron chi connectivity index (χ0n) is 11.0. The lowest BCUT2D eigenvalue weighted by molar-refractivity contribution is 0.627. The molecular weight excluding hydrogens is 239 g/mol. The van der Waals surface area contributed by atoms with Crippen LogP contribution in [-0.2, 0) is 6.54 Å². The quantitative estimate of drug-likeness (QED) is 0.836. The van der Waals surface area contributed by atoms with E-state index in [-0.39, 0.29) is 5.82 Å². The number of aryl methyl sites for hydroxylation is 1. The van der Waals surface area contributed by atoms with Gasteiger partial charge < -0.3 is 4.90 Å². The van der Waals surface area contributed by atoms with Gasteiger partial charge in [0.25, 0.3) is 0 Å². The van der Waals surface area contributed by atoms with Crippen molar-refractivity contribution in [3.8, 4) is 6.07 Å². The van der Waals surface area contributed by atoms with Crippen molar-refractivity contribution in [2.24, 2.45) is 0 Å². The van der Waals surface area contributed by atoms with Crippen LogP contribution in [0.15, 0.2) is 42.5 Å². The Morgan fingerprint density at radius 2 is 1.84 bits per heavy atom. The van der Waals surface area contributed by atoms with E-state index in [0.29, 0.717) is 12.1 Å². The summed E-state index contributed by atoms with van der Waals surface area (Å²) in [6.07, 6.45) is 0. The van der Waals surface area contributed by atoms with E-state index in [1.807, 2.05) is 37.1 Å². The number of halogens is 1. The van der Waals surface area contributed by atoms with E-state index in [1.165, 1.54) is 12.1 Å². The molecule has 0 aromatic heterocycles. The Kier molecular flexibility index (Phi) is 3.82. The van der Waals surface area contributed by atoms with Crippen LogP contribution in [0.25, 0.3) is 0 Å². The van der Waals surface area contributed by atoms with Crippen LogP contribution in [0, 0.1) is 24.1 Å². The Morgan fingerprint density at radius 3 is 2.47 bits per heavy atom. The van der Waals surface area contributed by atoms with Crippen LogP contribution in [0.4, 0.5) is 10.1 Å². The maximum absolute atomic E-state index is 12.9. The molecule has 19 heavy (non-hydrogen) atoms. The predicted molar refractivity (Wildman–Crippen MR) is 74.4 cm³/mol. The topological polar surface area (TPSA) is 27.0 Å². The monoisotopic (exact) mass is 254 g/mol. The summed E-state index contributed by atoms with van der Waals surface area (Å²) in [6.45, 7) is 2.63. The van der Waals surface area contributed by atoms with E-state index in [0.717, 1.165) is 16.8 Å². The molecule has 0 saturated heterocycles. The lowest BCUT2D eigenvalue weighted by Gasteiger charge is -2.21. The average Bonchev–Trinajstić information content (AvgIpc) is 2.41. The first-order valence-corrected chi connectivity index (χ1v) is 6.06. The Hall–Kier alpha value is -2.34. The van der Waals surface area contributed by atoms with Gasteiger partial charge in [0.2, 0.25) is 0 Å². The van der Waals surface area contributed by atoms with Gasteiger partial charge in [-0.25, -0.2) is 4.39 Å². The highest BCUT2D eigenvalue weighted by Gasteiger charge is 2.08. The van der Waals surface area contributed by atoms with E-state index >= 15 is 0 Å². The van der Waals surface area contributed by atoms with Crippen LogP contribution in [0.3, 0.4) is 0 Å². The highest BCUT2D eigenvalue weighted by Crippen LogP contribution is 2.22. The van der Waals surface area contributed by atoms with E-state index in [4.69, 9.17) is 5.26 Å². The first kappa shape index (κ1) is 13.1. The molecule has 2 nitrogen and oxygen atoms in total. The minimum absolute atomic E-state index is 0.236. The van der Waals surface area contributed by atoms with Gasteiger partial charge in [-0.2, -0.15) is 5.26 Å². The molecule has 96 valence electrons. The van der Waals surface area contributed by atoms with E-state index in [9.17, 15) is 4.39 Å². The maximum Gasteiger partial charge on any atom is 0.123 e. The van der Waals surface area contributed by atoms with Crippen LogP contribution in [0.2, 0.25) is 0 Å². The molecule has 0 spiro atoms. The van der Waals surface area contributed by atoms with Crippen LogP contribution < -0.4 is 4.90 Å². The fourth-order valence-corrected chi connectivity index (χ4v) is 2.00. The lowest BCUT2D eigenvalue weighted by Crippen LogP contribution is -2.17. The molecular formula is C16H15FN2. The highest BCUT2D eigenvalue weighted by molar-refractivity contribution is 5.60. The molecule has 0 saturated carbocycles. The van der Waals surface area contributed by atoms with Gasteiger partial charge in [-0.3, -0.25) is 0 Å². The fraction of sp³-hybridized carbons (Fsp3) is 0.188. The molecule has 0 aliphatic rings. The van der Waals surface area contributed by atoms with Crippen molar-refractivity contribution in [1.82, 2.24) is 0 Å². The standard InChI is InChI=1S/C16H15FN2/c1-12-3-6-14(10-18)16(9-12)19(2)11-13-4-7-15(17)8-5-13/h3-9H,11H2,1-2H3. The molecule has 0 bridgehead atoms. The molecule has 0 fully saturated rings. The van der Waals surface area contributed by atoms with Crippen molar-refractivity contribution < 1.29 is 4.39 Å². The predicted octanol–water partition coefficient (Wildman–Crippen LogP) is 3.64. The van der Waals surface area contributed by atoms with E-state index in [1.54, 1.807) is 12.1 Å². The summed E-state index contributed by atoms with van der Waals surface area (Å²) in [4.78, 5) is 2.00. The van der Waals surface area contributed by atoms with Gasteiger partial charge in [0.05, 0.1) is 11.3 Å². The normalized spacial score (nSPS) is 10.0. The Balaban J connectivity index is 2.25. The lowest BCUT2D eigenvalue weighted by atomic mass is 10.1. The minimum atomic E-state index is -0.236. The maximum atomic E-state index is 12.9. The molecule has 0 amide bonds. The summed E-state index contributed by atoms with van der Waals surface area (Å²) in [7, 11) is 1.93. The van der Waals surface area contributed by atoms with Gasteiger partial charge in [-0.15, -0.1) is 0 Å². The zero-order valence-corrected chi connectivity index (χ0v) is 11.0. The van der Waals surface area contributed by atoms with Gasteiger partial charge in [0.1, 0.15) is 11.9 Å². The number of anilines is 1.